The Labute approximate surface area is 222 Å². The van der Waals surface area contributed by atoms with Crippen LogP contribution in [0.1, 0.15) is 21.7 Å². The van der Waals surface area contributed by atoms with Crippen molar-refractivity contribution in [1.82, 2.24) is 10.3 Å². The highest BCUT2D eigenvalue weighted by Crippen LogP contribution is 2.34. The summed E-state index contributed by atoms with van der Waals surface area (Å²) in [5, 5.41) is 6.48. The number of nitrogens with one attached hydrogen (secondary N) is 2. The molecule has 180 valence electrons. The lowest BCUT2D eigenvalue weighted by Gasteiger charge is -2.09. The summed E-state index contributed by atoms with van der Waals surface area (Å²) in [7, 11) is 0. The molecule has 0 aliphatic carbocycles. The van der Waals surface area contributed by atoms with Crippen molar-refractivity contribution in [2.24, 2.45) is 0 Å². The summed E-state index contributed by atoms with van der Waals surface area (Å²) in [5.74, 6) is 0.494. The molecule has 0 aliphatic heterocycles. The third-order valence-corrected chi connectivity index (χ3v) is 6.67. The fourth-order valence-electron chi connectivity index (χ4n) is 3.66. The van der Waals surface area contributed by atoms with Crippen molar-refractivity contribution in [3.8, 4) is 22.8 Å². The van der Waals surface area contributed by atoms with E-state index in [0.717, 1.165) is 27.8 Å². The molecule has 1 amide bonds. The van der Waals surface area contributed by atoms with E-state index in [1.807, 2.05) is 50.2 Å². The average Bonchev–Trinajstić information content (AvgIpc) is 3.49. The minimum atomic E-state index is -0.502. The number of aryl methyl sites for hydroxylation is 2. The Morgan fingerprint density at radius 3 is 2.56 bits per heavy atom. The molecule has 0 radical (unpaired) electrons. The van der Waals surface area contributed by atoms with Gasteiger partial charge in [0, 0.05) is 16.8 Å². The first-order valence-corrected chi connectivity index (χ1v) is 12.1. The molecule has 0 aliphatic rings. The van der Waals surface area contributed by atoms with Gasteiger partial charge in [0.15, 0.2) is 16.5 Å². The molecule has 9 heteroatoms. The van der Waals surface area contributed by atoms with Gasteiger partial charge in [0.2, 0.25) is 5.89 Å². The molecule has 36 heavy (non-hydrogen) atoms. The average molecular weight is 536 g/mol. The molecule has 0 unspecified atom stereocenters. The van der Waals surface area contributed by atoms with Gasteiger partial charge in [-0.1, -0.05) is 35.3 Å². The monoisotopic (exact) mass is 535 g/mol. The van der Waals surface area contributed by atoms with Crippen LogP contribution in [0.5, 0.6) is 0 Å². The molecular weight excluding hydrogens is 517 g/mol. The molecule has 2 N–H and O–H groups in total. The molecule has 2 heterocycles. The number of rotatable bonds is 4. The van der Waals surface area contributed by atoms with Crippen LogP contribution in [0, 0.1) is 13.8 Å². The lowest BCUT2D eigenvalue weighted by Crippen LogP contribution is -2.33. The Morgan fingerprint density at radius 2 is 1.72 bits per heavy atom. The molecule has 0 saturated heterocycles. The maximum absolute atomic E-state index is 12.7. The van der Waals surface area contributed by atoms with E-state index < -0.39 is 5.91 Å². The highest BCUT2D eigenvalue weighted by atomic mass is 35.5. The van der Waals surface area contributed by atoms with E-state index in [1.54, 1.807) is 30.3 Å². The molecule has 0 saturated carbocycles. The number of carbonyl (C=O) groups is 1. The Hall–Kier alpha value is -3.65. The molecular formula is C27H19Cl2N3O3S. The normalized spacial score (nSPS) is 11.0. The smallest absolute Gasteiger partial charge is 0.293 e. The van der Waals surface area contributed by atoms with Crippen LogP contribution in [-0.4, -0.2) is 16.0 Å². The summed E-state index contributed by atoms with van der Waals surface area (Å²) < 4.78 is 11.6. The molecule has 5 aromatic rings. The van der Waals surface area contributed by atoms with Crippen LogP contribution >= 0.6 is 35.4 Å². The third-order valence-electron chi connectivity index (χ3n) is 5.65. The van der Waals surface area contributed by atoms with Crippen LogP contribution in [0.25, 0.3) is 33.9 Å². The van der Waals surface area contributed by atoms with Gasteiger partial charge in [-0.15, -0.1) is 0 Å². The minimum absolute atomic E-state index is 0.0796. The Kier molecular flexibility index (Phi) is 6.53. The second-order valence-corrected chi connectivity index (χ2v) is 9.37. The molecule has 0 fully saturated rings. The maximum atomic E-state index is 12.7. The van der Waals surface area contributed by atoms with Crippen molar-refractivity contribution in [1.29, 1.82) is 0 Å². The Morgan fingerprint density at radius 1 is 0.944 bits per heavy atom. The molecule has 2 aromatic heterocycles. The van der Waals surface area contributed by atoms with Crippen LogP contribution in [0.2, 0.25) is 10.0 Å². The standard InChI is InChI=1S/C27H19Cl2N3O3S/c1-14-11-20-23(12-15(14)2)35-26(31-20)16-5-3-6-17(13-16)30-27(36)32-25(33)22-10-9-21(34-22)18-7-4-8-19(28)24(18)29/h3-13H,1-2H3,(H2,30,32,33,36). The van der Waals surface area contributed by atoms with Crippen molar-refractivity contribution in [2.45, 2.75) is 13.8 Å². The minimum Gasteiger partial charge on any atom is -0.451 e. The number of oxazole rings is 1. The predicted molar refractivity (Wildman–Crippen MR) is 147 cm³/mol. The van der Waals surface area contributed by atoms with Crippen molar-refractivity contribution >= 4 is 63.2 Å². The number of aromatic nitrogens is 1. The maximum Gasteiger partial charge on any atom is 0.293 e. The molecule has 6 nitrogen and oxygen atoms in total. The number of furan rings is 1. The van der Waals surface area contributed by atoms with Crippen LogP contribution in [-0.2, 0) is 0 Å². The summed E-state index contributed by atoms with van der Waals surface area (Å²) in [6, 6.07) is 19.8. The van der Waals surface area contributed by atoms with Gasteiger partial charge in [0.1, 0.15) is 11.3 Å². The van der Waals surface area contributed by atoms with Gasteiger partial charge < -0.3 is 14.2 Å². The van der Waals surface area contributed by atoms with Crippen LogP contribution in [0.4, 0.5) is 5.69 Å². The van der Waals surface area contributed by atoms with Gasteiger partial charge in [0.25, 0.3) is 5.91 Å². The first-order valence-electron chi connectivity index (χ1n) is 10.9. The first kappa shape index (κ1) is 24.1. The summed E-state index contributed by atoms with van der Waals surface area (Å²) in [6.07, 6.45) is 0. The van der Waals surface area contributed by atoms with E-state index in [0.29, 0.717) is 32.9 Å². The number of fused-ring (bicyclic) bond motifs is 1. The fourth-order valence-corrected chi connectivity index (χ4v) is 4.26. The van der Waals surface area contributed by atoms with E-state index in [1.165, 1.54) is 0 Å². The van der Waals surface area contributed by atoms with Gasteiger partial charge in [-0.3, -0.25) is 10.1 Å². The van der Waals surface area contributed by atoms with E-state index >= 15 is 0 Å². The van der Waals surface area contributed by atoms with Crippen molar-refractivity contribution < 1.29 is 13.6 Å². The summed E-state index contributed by atoms with van der Waals surface area (Å²) in [5.41, 5.74) is 5.84. The van der Waals surface area contributed by atoms with Crippen LogP contribution in [0.3, 0.4) is 0 Å². The van der Waals surface area contributed by atoms with Crippen LogP contribution < -0.4 is 10.6 Å². The zero-order valence-electron chi connectivity index (χ0n) is 19.2. The third kappa shape index (κ3) is 4.86. The SMILES string of the molecule is Cc1cc2nc(-c3cccc(NC(=S)NC(=O)c4ccc(-c5cccc(Cl)c5Cl)o4)c3)oc2cc1C. The second-order valence-electron chi connectivity index (χ2n) is 8.18. The van der Waals surface area contributed by atoms with Gasteiger partial charge in [-0.05, 0) is 91.8 Å². The lowest BCUT2D eigenvalue weighted by molar-refractivity contribution is 0.0951. The molecule has 5 rings (SSSR count). The fraction of sp³-hybridized carbons (Fsp3) is 0.0741. The number of hydrogen-bond donors (Lipinski definition) is 2. The number of carbonyl (C=O) groups excluding carboxylic acids is 1. The number of nitrogens with zero attached hydrogens (tertiary/aromatic N) is 1. The number of halogens is 2. The van der Waals surface area contributed by atoms with Gasteiger partial charge in [-0.2, -0.15) is 0 Å². The number of amides is 1. The second kappa shape index (κ2) is 9.78. The molecule has 3 aromatic carbocycles. The van der Waals surface area contributed by atoms with Crippen LogP contribution in [0.15, 0.2) is 75.6 Å². The van der Waals surface area contributed by atoms with Gasteiger partial charge in [-0.25, -0.2) is 4.98 Å². The Bertz CT molecular complexity index is 1600. The van der Waals surface area contributed by atoms with Crippen molar-refractivity contribution in [3.63, 3.8) is 0 Å². The zero-order chi connectivity index (χ0) is 25.4. The molecule has 0 spiro atoms. The number of hydrogen-bond acceptors (Lipinski definition) is 5. The summed E-state index contributed by atoms with van der Waals surface area (Å²) >= 11 is 17.7. The predicted octanol–water partition coefficient (Wildman–Crippen LogP) is 7.81. The Balaban J connectivity index is 1.28. The highest BCUT2D eigenvalue weighted by molar-refractivity contribution is 7.80. The first-order chi connectivity index (χ1) is 17.3. The van der Waals surface area contributed by atoms with Crippen molar-refractivity contribution in [3.05, 3.63) is 93.7 Å². The zero-order valence-corrected chi connectivity index (χ0v) is 21.5. The van der Waals surface area contributed by atoms with E-state index in [2.05, 4.69) is 15.6 Å². The summed E-state index contributed by atoms with van der Waals surface area (Å²) in [4.78, 5) is 17.3. The topological polar surface area (TPSA) is 80.3 Å². The van der Waals surface area contributed by atoms with E-state index in [9.17, 15) is 4.79 Å². The van der Waals surface area contributed by atoms with E-state index in [-0.39, 0.29) is 10.9 Å². The quantitative estimate of drug-likeness (QED) is 0.228. The summed E-state index contributed by atoms with van der Waals surface area (Å²) in [6.45, 7) is 4.07. The van der Waals surface area contributed by atoms with E-state index in [4.69, 9.17) is 44.3 Å². The molecule has 0 bridgehead atoms. The number of thiocarbonyl (C=S) groups is 1. The lowest BCUT2D eigenvalue weighted by atomic mass is 10.1. The highest BCUT2D eigenvalue weighted by Gasteiger charge is 2.17. The molecule has 0 atom stereocenters. The largest absolute Gasteiger partial charge is 0.451 e. The van der Waals surface area contributed by atoms with Gasteiger partial charge >= 0.3 is 0 Å². The number of benzene rings is 3. The number of anilines is 1. The van der Waals surface area contributed by atoms with Crippen molar-refractivity contribution in [2.75, 3.05) is 5.32 Å². The van der Waals surface area contributed by atoms with Gasteiger partial charge in [0.05, 0.1) is 10.0 Å².